The van der Waals surface area contributed by atoms with Crippen LogP contribution in [-0.4, -0.2) is 108 Å². The average Bonchev–Trinajstić information content (AvgIpc) is 3.66. The second-order valence-corrected chi connectivity index (χ2v) is 11.3. The number of aliphatic carboxylic acids is 1. The number of carboxylic acids is 1. The van der Waals surface area contributed by atoms with Gasteiger partial charge in [-0.2, -0.15) is 0 Å². The normalized spacial score (nSPS) is 20.1. The van der Waals surface area contributed by atoms with Crippen LogP contribution in [0.15, 0.2) is 0 Å². The van der Waals surface area contributed by atoms with E-state index in [9.17, 15) is 33.6 Å². The van der Waals surface area contributed by atoms with Gasteiger partial charge >= 0.3 is 5.97 Å². The third-order valence-corrected chi connectivity index (χ3v) is 7.48. The fourth-order valence-electron chi connectivity index (χ4n) is 5.18. The van der Waals surface area contributed by atoms with Gasteiger partial charge in [-0.15, -0.1) is 0 Å². The van der Waals surface area contributed by atoms with Gasteiger partial charge in [0.25, 0.3) is 0 Å². The molecule has 0 aromatic rings. The summed E-state index contributed by atoms with van der Waals surface area (Å²) in [5.41, 5.74) is 11.0. The molecule has 0 aromatic heterocycles. The lowest BCUT2D eigenvalue weighted by molar-refractivity contribution is -0.143. The maximum Gasteiger partial charge on any atom is 0.322 e. The zero-order valence-corrected chi connectivity index (χ0v) is 24.9. The number of amides is 6. The lowest BCUT2D eigenvalue weighted by Crippen LogP contribution is -2.60. The zero-order valence-electron chi connectivity index (χ0n) is 24.9. The second-order valence-electron chi connectivity index (χ2n) is 11.3. The quantitative estimate of drug-likeness (QED) is 0.0777. The van der Waals surface area contributed by atoms with Crippen molar-refractivity contribution in [1.29, 1.82) is 0 Å². The van der Waals surface area contributed by atoms with Crippen molar-refractivity contribution in [2.45, 2.75) is 95.4 Å². The topological polar surface area (TPSA) is 255 Å². The number of carbonyl (C=O) groups is 7. The molecule has 16 nitrogen and oxygen atoms in total. The van der Waals surface area contributed by atoms with Crippen molar-refractivity contribution < 1.29 is 38.7 Å². The van der Waals surface area contributed by atoms with Crippen LogP contribution in [0.4, 0.5) is 0 Å². The highest BCUT2D eigenvalue weighted by Crippen LogP contribution is 2.20. The number of nitrogens with zero attached hydrogens (tertiary/aromatic N) is 1. The van der Waals surface area contributed by atoms with E-state index in [1.54, 1.807) is 13.8 Å². The zero-order chi connectivity index (χ0) is 32.1. The second kappa shape index (κ2) is 17.4. The van der Waals surface area contributed by atoms with Crippen LogP contribution in [0.5, 0.6) is 0 Å². The first kappa shape index (κ1) is 35.4. The molecule has 0 unspecified atom stereocenters. The van der Waals surface area contributed by atoms with Gasteiger partial charge in [-0.3, -0.25) is 33.6 Å². The van der Waals surface area contributed by atoms with Gasteiger partial charge in [-0.05, 0) is 64.0 Å². The molecule has 2 aliphatic rings. The van der Waals surface area contributed by atoms with Gasteiger partial charge in [0.05, 0.1) is 12.5 Å². The van der Waals surface area contributed by atoms with Crippen molar-refractivity contribution >= 4 is 41.4 Å². The highest BCUT2D eigenvalue weighted by atomic mass is 16.4. The van der Waals surface area contributed by atoms with E-state index in [-0.39, 0.29) is 24.8 Å². The van der Waals surface area contributed by atoms with Gasteiger partial charge < -0.3 is 48.1 Å². The van der Waals surface area contributed by atoms with Crippen LogP contribution in [0.1, 0.15) is 65.2 Å². The SMILES string of the molecule is CC(C)[C@H](NC(=O)[C@@H]1CCCN1)C(=O)N[C@@H](CC(N)=O)C(=O)N[C@@H](CCCCN)C(=O)N1CCC[C@H]1C(=O)NCC(=O)O. The Balaban J connectivity index is 2.19. The molecule has 0 radical (unpaired) electrons. The van der Waals surface area contributed by atoms with E-state index in [1.165, 1.54) is 4.90 Å². The van der Waals surface area contributed by atoms with Crippen molar-refractivity contribution in [1.82, 2.24) is 31.5 Å². The fourth-order valence-corrected chi connectivity index (χ4v) is 5.18. The maximum absolute atomic E-state index is 13.6. The van der Waals surface area contributed by atoms with Crippen molar-refractivity contribution in [2.24, 2.45) is 17.4 Å². The van der Waals surface area contributed by atoms with Gasteiger partial charge in [0, 0.05) is 6.54 Å². The number of hydrogen-bond acceptors (Lipinski definition) is 9. The van der Waals surface area contributed by atoms with Crippen LogP contribution in [-0.2, 0) is 33.6 Å². The molecule has 0 aromatic carbocycles. The monoisotopic (exact) mass is 610 g/mol. The lowest BCUT2D eigenvalue weighted by Gasteiger charge is -2.30. The Morgan fingerprint density at radius 2 is 1.63 bits per heavy atom. The van der Waals surface area contributed by atoms with Gasteiger partial charge in [0.15, 0.2) is 0 Å². The number of carboxylic acid groups (broad SMARTS) is 1. The Morgan fingerprint density at radius 3 is 2.21 bits per heavy atom. The number of nitrogens with one attached hydrogen (secondary N) is 5. The summed E-state index contributed by atoms with van der Waals surface area (Å²) < 4.78 is 0. The maximum atomic E-state index is 13.6. The first-order valence-corrected chi connectivity index (χ1v) is 14.8. The molecule has 2 aliphatic heterocycles. The van der Waals surface area contributed by atoms with Gasteiger partial charge in [-0.1, -0.05) is 13.8 Å². The summed E-state index contributed by atoms with van der Waals surface area (Å²) in [6.45, 7) is 4.10. The number of nitrogens with two attached hydrogens (primary N) is 2. The van der Waals surface area contributed by atoms with Crippen molar-refractivity contribution in [3.05, 3.63) is 0 Å². The highest BCUT2D eigenvalue weighted by molar-refractivity contribution is 5.98. The first-order chi connectivity index (χ1) is 20.3. The van der Waals surface area contributed by atoms with Crippen LogP contribution in [0, 0.1) is 5.92 Å². The molecule has 0 bridgehead atoms. The van der Waals surface area contributed by atoms with E-state index in [2.05, 4.69) is 26.6 Å². The fraction of sp³-hybridized carbons (Fsp3) is 0.741. The van der Waals surface area contributed by atoms with E-state index in [4.69, 9.17) is 16.6 Å². The Hall–Kier alpha value is -3.79. The van der Waals surface area contributed by atoms with E-state index in [0.29, 0.717) is 45.2 Å². The Bertz CT molecular complexity index is 1030. The van der Waals surface area contributed by atoms with Crippen LogP contribution < -0.4 is 38.1 Å². The largest absolute Gasteiger partial charge is 0.480 e. The van der Waals surface area contributed by atoms with Crippen LogP contribution in [0.3, 0.4) is 0 Å². The first-order valence-electron chi connectivity index (χ1n) is 14.8. The summed E-state index contributed by atoms with van der Waals surface area (Å²) in [5, 5.41) is 22.1. The van der Waals surface area contributed by atoms with Gasteiger partial charge in [-0.25, -0.2) is 0 Å². The summed E-state index contributed by atoms with van der Waals surface area (Å²) in [7, 11) is 0. The number of hydrogen-bond donors (Lipinski definition) is 8. The molecule has 0 aliphatic carbocycles. The Kier molecular flexibility index (Phi) is 14.3. The number of primary amides is 1. The van der Waals surface area contributed by atoms with Crippen LogP contribution >= 0.6 is 0 Å². The van der Waals surface area contributed by atoms with Crippen molar-refractivity contribution in [3.63, 3.8) is 0 Å². The molecule has 10 N–H and O–H groups in total. The molecular formula is C27H46N8O8. The molecule has 0 spiro atoms. The predicted molar refractivity (Wildman–Crippen MR) is 154 cm³/mol. The van der Waals surface area contributed by atoms with Crippen molar-refractivity contribution in [3.8, 4) is 0 Å². The number of likely N-dealkylation sites (tertiary alicyclic amines) is 1. The standard InChI is InChI=1S/C27H46N8O8/c1-15(2)22(34-23(39)16-8-5-11-30-16)26(42)33-18(13-20(29)36)24(40)32-17(7-3-4-10-28)27(43)35-12-6-9-19(35)25(41)31-14-21(37)38/h15-19,22,30H,3-14,28H2,1-2H3,(H2,29,36)(H,31,41)(H,32,40)(H,33,42)(H,34,39)(H,37,38)/t16-,17-,18-,19-,22-/m0/s1. The summed E-state index contributed by atoms with van der Waals surface area (Å²) in [6, 6.07) is -4.90. The summed E-state index contributed by atoms with van der Waals surface area (Å²) in [5.74, 6) is -5.51. The molecule has 0 saturated carbocycles. The molecule has 43 heavy (non-hydrogen) atoms. The van der Waals surface area contributed by atoms with E-state index in [0.717, 1.165) is 6.42 Å². The van der Waals surface area contributed by atoms with Gasteiger partial charge in [0.2, 0.25) is 35.4 Å². The summed E-state index contributed by atoms with van der Waals surface area (Å²) >= 11 is 0. The highest BCUT2D eigenvalue weighted by Gasteiger charge is 2.39. The molecule has 5 atom stereocenters. The molecule has 16 heteroatoms. The molecule has 242 valence electrons. The molecule has 2 rings (SSSR count). The Labute approximate surface area is 250 Å². The number of carbonyl (C=O) groups excluding carboxylic acids is 6. The third kappa shape index (κ3) is 11.1. The summed E-state index contributed by atoms with van der Waals surface area (Å²) in [4.78, 5) is 89.6. The van der Waals surface area contributed by atoms with E-state index >= 15 is 0 Å². The third-order valence-electron chi connectivity index (χ3n) is 7.48. The molecular weight excluding hydrogens is 564 g/mol. The molecule has 2 heterocycles. The predicted octanol–water partition coefficient (Wildman–Crippen LogP) is -2.96. The summed E-state index contributed by atoms with van der Waals surface area (Å²) in [6.07, 6.45) is 2.89. The van der Waals surface area contributed by atoms with E-state index in [1.807, 2.05) is 0 Å². The molecule has 6 amide bonds. The van der Waals surface area contributed by atoms with Gasteiger partial charge in [0.1, 0.15) is 30.7 Å². The average molecular weight is 611 g/mol. The Morgan fingerprint density at radius 1 is 0.930 bits per heavy atom. The van der Waals surface area contributed by atoms with Crippen molar-refractivity contribution in [2.75, 3.05) is 26.2 Å². The van der Waals surface area contributed by atoms with E-state index < -0.39 is 78.7 Å². The minimum Gasteiger partial charge on any atom is -0.480 e. The minimum absolute atomic E-state index is 0.165. The number of unbranched alkanes of at least 4 members (excludes halogenated alkanes) is 1. The lowest BCUT2D eigenvalue weighted by atomic mass is 10.0. The number of rotatable bonds is 17. The minimum atomic E-state index is -1.44. The molecule has 2 fully saturated rings. The molecule has 2 saturated heterocycles. The van der Waals surface area contributed by atoms with Crippen LogP contribution in [0.2, 0.25) is 0 Å². The van der Waals surface area contributed by atoms with Crippen LogP contribution in [0.25, 0.3) is 0 Å². The smallest absolute Gasteiger partial charge is 0.322 e.